The molecule has 0 aliphatic heterocycles. The fourth-order valence-corrected chi connectivity index (χ4v) is 2.26. The summed E-state index contributed by atoms with van der Waals surface area (Å²) in [6, 6.07) is 15.1. The van der Waals surface area contributed by atoms with Crippen LogP contribution in [0.4, 0.5) is 0 Å². The summed E-state index contributed by atoms with van der Waals surface area (Å²) in [5.41, 5.74) is 3.51. The Bertz CT molecular complexity index is 622. The maximum atomic E-state index is 12.1. The first-order valence-electron chi connectivity index (χ1n) is 7.24. The van der Waals surface area contributed by atoms with Gasteiger partial charge in [-0.05, 0) is 41.8 Å². The van der Waals surface area contributed by atoms with Crippen LogP contribution >= 0.6 is 0 Å². The number of hydrogen-bond donors (Lipinski definition) is 2. The third-order valence-corrected chi connectivity index (χ3v) is 3.38. The Kier molecular flexibility index (Phi) is 5.69. The third-order valence-electron chi connectivity index (χ3n) is 3.38. The molecule has 0 radical (unpaired) electrons. The lowest BCUT2D eigenvalue weighted by Crippen LogP contribution is -2.35. The predicted molar refractivity (Wildman–Crippen MR) is 86.6 cm³/mol. The minimum atomic E-state index is -0.111. The molecule has 0 saturated heterocycles. The average Bonchev–Trinajstić information content (AvgIpc) is 2.55. The van der Waals surface area contributed by atoms with Gasteiger partial charge in [-0.25, -0.2) is 0 Å². The lowest BCUT2D eigenvalue weighted by Gasteiger charge is -2.13. The molecule has 1 atom stereocenters. The second kappa shape index (κ2) is 7.73. The summed E-state index contributed by atoms with van der Waals surface area (Å²) in [5, 5.41) is 12.1. The molecular weight excluding hydrogens is 278 g/mol. The van der Waals surface area contributed by atoms with E-state index in [1.54, 1.807) is 19.2 Å². The number of amides is 1. The van der Waals surface area contributed by atoms with Gasteiger partial charge in [0.1, 0.15) is 0 Å². The Balaban J connectivity index is 2.11. The fraction of sp³-hybridized carbons (Fsp3) is 0.278. The fourth-order valence-electron chi connectivity index (χ4n) is 2.26. The van der Waals surface area contributed by atoms with Crippen molar-refractivity contribution in [2.45, 2.75) is 19.6 Å². The molecule has 0 saturated carbocycles. The van der Waals surface area contributed by atoms with Gasteiger partial charge in [0, 0.05) is 18.7 Å². The summed E-state index contributed by atoms with van der Waals surface area (Å²) < 4.78 is 5.00. The highest BCUT2D eigenvalue weighted by molar-refractivity contribution is 5.94. The van der Waals surface area contributed by atoms with Gasteiger partial charge in [-0.2, -0.15) is 0 Å². The Labute approximate surface area is 130 Å². The zero-order valence-electron chi connectivity index (χ0n) is 12.9. The minimum Gasteiger partial charge on any atom is -0.392 e. The zero-order valence-corrected chi connectivity index (χ0v) is 12.9. The molecule has 4 nitrogen and oxygen atoms in total. The average molecular weight is 299 g/mol. The summed E-state index contributed by atoms with van der Waals surface area (Å²) in [4.78, 5) is 12.1. The van der Waals surface area contributed by atoms with E-state index in [1.165, 1.54) is 0 Å². The van der Waals surface area contributed by atoms with Crippen LogP contribution in [-0.4, -0.2) is 30.8 Å². The molecule has 2 N–H and O–H groups in total. The van der Waals surface area contributed by atoms with Crippen LogP contribution in [0.5, 0.6) is 0 Å². The molecule has 0 aliphatic carbocycles. The van der Waals surface area contributed by atoms with Gasteiger partial charge in [-0.15, -0.1) is 0 Å². The normalized spacial score (nSPS) is 12.0. The smallest absolute Gasteiger partial charge is 0.251 e. The molecule has 22 heavy (non-hydrogen) atoms. The number of ether oxygens (including phenoxy) is 1. The molecule has 2 rings (SSSR count). The Morgan fingerprint density at radius 1 is 1.18 bits per heavy atom. The molecule has 0 bridgehead atoms. The molecule has 4 heteroatoms. The van der Waals surface area contributed by atoms with E-state index in [1.807, 2.05) is 43.3 Å². The van der Waals surface area contributed by atoms with E-state index in [9.17, 15) is 9.90 Å². The standard InChI is InChI=1S/C18H21NO3/c1-13(12-22-2)19-18(21)16-8-6-15(7-9-16)17-5-3-4-14(10-17)11-20/h3-10,13,20H,11-12H2,1-2H3,(H,19,21). The van der Waals surface area contributed by atoms with Crippen molar-refractivity contribution in [1.82, 2.24) is 5.32 Å². The van der Waals surface area contributed by atoms with Crippen molar-refractivity contribution in [1.29, 1.82) is 0 Å². The van der Waals surface area contributed by atoms with Crippen LogP contribution < -0.4 is 5.32 Å². The molecule has 1 amide bonds. The van der Waals surface area contributed by atoms with Gasteiger partial charge >= 0.3 is 0 Å². The number of hydrogen-bond acceptors (Lipinski definition) is 3. The van der Waals surface area contributed by atoms with Crippen LogP contribution in [0.25, 0.3) is 11.1 Å². The highest BCUT2D eigenvalue weighted by Gasteiger charge is 2.09. The Morgan fingerprint density at radius 2 is 1.91 bits per heavy atom. The summed E-state index contributed by atoms with van der Waals surface area (Å²) in [7, 11) is 1.61. The van der Waals surface area contributed by atoms with Gasteiger partial charge in [-0.1, -0.05) is 30.3 Å². The van der Waals surface area contributed by atoms with Crippen LogP contribution in [0, 0.1) is 0 Å². The molecule has 2 aromatic rings. The van der Waals surface area contributed by atoms with Gasteiger partial charge in [0.05, 0.1) is 13.2 Å². The number of carbonyl (C=O) groups excluding carboxylic acids is 1. The Hall–Kier alpha value is -2.17. The first-order valence-corrected chi connectivity index (χ1v) is 7.24. The van der Waals surface area contributed by atoms with Crippen molar-refractivity contribution in [2.75, 3.05) is 13.7 Å². The maximum Gasteiger partial charge on any atom is 0.251 e. The summed E-state index contributed by atoms with van der Waals surface area (Å²) >= 11 is 0. The number of methoxy groups -OCH3 is 1. The van der Waals surface area contributed by atoms with E-state index in [-0.39, 0.29) is 18.6 Å². The molecule has 0 fully saturated rings. The number of benzene rings is 2. The molecule has 0 aromatic heterocycles. The number of nitrogens with one attached hydrogen (secondary N) is 1. The van der Waals surface area contributed by atoms with Crippen LogP contribution in [0.3, 0.4) is 0 Å². The van der Waals surface area contributed by atoms with E-state index >= 15 is 0 Å². The van der Waals surface area contributed by atoms with Crippen LogP contribution in [0.15, 0.2) is 48.5 Å². The second-order valence-corrected chi connectivity index (χ2v) is 5.27. The second-order valence-electron chi connectivity index (χ2n) is 5.27. The van der Waals surface area contributed by atoms with Crippen LogP contribution in [0.2, 0.25) is 0 Å². The summed E-state index contributed by atoms with van der Waals surface area (Å²) in [6.07, 6.45) is 0. The van der Waals surface area contributed by atoms with Crippen molar-refractivity contribution in [3.8, 4) is 11.1 Å². The first kappa shape index (κ1) is 16.2. The van der Waals surface area contributed by atoms with Crippen molar-refractivity contribution < 1.29 is 14.6 Å². The summed E-state index contributed by atoms with van der Waals surface area (Å²) in [6.45, 7) is 2.40. The van der Waals surface area contributed by atoms with Gasteiger partial charge in [0.15, 0.2) is 0 Å². The third kappa shape index (κ3) is 4.16. The largest absolute Gasteiger partial charge is 0.392 e. The first-order chi connectivity index (χ1) is 10.6. The highest BCUT2D eigenvalue weighted by atomic mass is 16.5. The van der Waals surface area contributed by atoms with E-state index in [0.29, 0.717) is 12.2 Å². The number of carbonyl (C=O) groups is 1. The molecular formula is C18H21NO3. The van der Waals surface area contributed by atoms with Crippen molar-refractivity contribution >= 4 is 5.91 Å². The van der Waals surface area contributed by atoms with Gasteiger partial charge in [0.2, 0.25) is 0 Å². The van der Waals surface area contributed by atoms with E-state index < -0.39 is 0 Å². The Morgan fingerprint density at radius 3 is 2.55 bits per heavy atom. The molecule has 116 valence electrons. The number of aliphatic hydroxyl groups excluding tert-OH is 1. The molecule has 0 spiro atoms. The van der Waals surface area contributed by atoms with Gasteiger partial charge in [0.25, 0.3) is 5.91 Å². The monoisotopic (exact) mass is 299 g/mol. The minimum absolute atomic E-state index is 0.0196. The molecule has 1 unspecified atom stereocenters. The van der Waals surface area contributed by atoms with Crippen LogP contribution in [-0.2, 0) is 11.3 Å². The predicted octanol–water partition coefficient (Wildman–Crippen LogP) is 2.61. The molecule has 0 aliphatic rings. The van der Waals surface area contributed by atoms with E-state index in [0.717, 1.165) is 16.7 Å². The number of rotatable bonds is 6. The molecule has 2 aromatic carbocycles. The quantitative estimate of drug-likeness (QED) is 0.862. The highest BCUT2D eigenvalue weighted by Crippen LogP contribution is 2.21. The number of aliphatic hydroxyl groups is 1. The van der Waals surface area contributed by atoms with E-state index in [2.05, 4.69) is 5.32 Å². The van der Waals surface area contributed by atoms with Crippen molar-refractivity contribution in [3.05, 3.63) is 59.7 Å². The molecule has 0 heterocycles. The lowest BCUT2D eigenvalue weighted by atomic mass is 10.0. The van der Waals surface area contributed by atoms with Crippen molar-refractivity contribution in [2.24, 2.45) is 0 Å². The SMILES string of the molecule is COCC(C)NC(=O)c1ccc(-c2cccc(CO)c2)cc1. The van der Waals surface area contributed by atoms with Crippen molar-refractivity contribution in [3.63, 3.8) is 0 Å². The summed E-state index contributed by atoms with van der Waals surface area (Å²) in [5.74, 6) is -0.111. The zero-order chi connectivity index (χ0) is 15.9. The van der Waals surface area contributed by atoms with E-state index in [4.69, 9.17) is 4.74 Å². The topological polar surface area (TPSA) is 58.6 Å². The van der Waals surface area contributed by atoms with Gasteiger partial charge in [-0.3, -0.25) is 4.79 Å². The lowest BCUT2D eigenvalue weighted by molar-refractivity contribution is 0.0905. The van der Waals surface area contributed by atoms with Crippen LogP contribution in [0.1, 0.15) is 22.8 Å². The van der Waals surface area contributed by atoms with Gasteiger partial charge < -0.3 is 15.2 Å². The maximum absolute atomic E-state index is 12.1.